The highest BCUT2D eigenvalue weighted by molar-refractivity contribution is 5.91. The molecule has 0 aliphatic carbocycles. The van der Waals surface area contributed by atoms with Gasteiger partial charge in [0, 0.05) is 17.5 Å². The first-order valence-corrected chi connectivity index (χ1v) is 9.83. The number of aromatic nitrogens is 1. The molecule has 0 amide bonds. The van der Waals surface area contributed by atoms with Crippen molar-refractivity contribution in [2.75, 3.05) is 5.32 Å². The number of benzene rings is 2. The molecule has 0 fully saturated rings. The number of aryl methyl sites for hydroxylation is 1. The lowest BCUT2D eigenvalue weighted by Crippen LogP contribution is -2.23. The summed E-state index contributed by atoms with van der Waals surface area (Å²) in [6.07, 6.45) is 6.35. The Kier molecular flexibility index (Phi) is 6.55. The normalized spacial score (nSPS) is 11.9. The number of ether oxygens (including phenoxy) is 1. The second-order valence-electron chi connectivity index (χ2n) is 7.90. The highest BCUT2D eigenvalue weighted by Gasteiger charge is 2.19. The number of carbonyl (C=O) groups excluding carboxylic acids is 1. The molecule has 3 aromatic rings. The van der Waals surface area contributed by atoms with Crippen molar-refractivity contribution in [3.05, 3.63) is 72.1 Å². The SMILES string of the molecule is Cc1ccc(C(=O)OC(C)(C)C)cc1Nc1ncc(-c2ccc(N=CC=CN)cc2)o1. The van der Waals surface area contributed by atoms with Gasteiger partial charge < -0.3 is 20.2 Å². The van der Waals surface area contributed by atoms with Gasteiger partial charge in [0.15, 0.2) is 5.76 Å². The maximum absolute atomic E-state index is 12.4. The number of allylic oxidation sites excluding steroid dienone is 1. The molecule has 0 aliphatic rings. The lowest BCUT2D eigenvalue weighted by Gasteiger charge is -2.19. The Morgan fingerprint density at radius 3 is 2.61 bits per heavy atom. The number of aliphatic imine (C=N–C) groups is 1. The summed E-state index contributed by atoms with van der Waals surface area (Å²) in [6.45, 7) is 7.44. The van der Waals surface area contributed by atoms with Crippen LogP contribution < -0.4 is 11.1 Å². The standard InChI is InChI=1S/C24H26N4O3/c1-16-6-7-18(22(29)31-24(2,3)4)14-20(16)28-23-27-15-21(30-23)17-8-10-19(11-9-17)26-13-5-12-25/h5-15H,25H2,1-4H3,(H,27,28). The van der Waals surface area contributed by atoms with Crippen LogP contribution in [0.15, 0.2) is 70.3 Å². The molecule has 0 spiro atoms. The lowest BCUT2D eigenvalue weighted by atomic mass is 10.1. The van der Waals surface area contributed by atoms with Crippen molar-refractivity contribution in [3.8, 4) is 11.3 Å². The van der Waals surface area contributed by atoms with E-state index in [4.69, 9.17) is 14.9 Å². The fourth-order valence-electron chi connectivity index (χ4n) is 2.69. The fraction of sp³-hybridized carbons (Fsp3) is 0.208. The lowest BCUT2D eigenvalue weighted by molar-refractivity contribution is 0.00695. The molecule has 7 heteroatoms. The third kappa shape index (κ3) is 6.05. The summed E-state index contributed by atoms with van der Waals surface area (Å²) >= 11 is 0. The Morgan fingerprint density at radius 1 is 1.19 bits per heavy atom. The number of hydrogen-bond acceptors (Lipinski definition) is 7. The zero-order chi connectivity index (χ0) is 22.4. The van der Waals surface area contributed by atoms with E-state index in [1.54, 1.807) is 30.6 Å². The minimum Gasteiger partial charge on any atom is -0.456 e. The molecule has 0 bridgehead atoms. The first-order valence-electron chi connectivity index (χ1n) is 9.83. The number of nitrogens with one attached hydrogen (secondary N) is 1. The highest BCUT2D eigenvalue weighted by Crippen LogP contribution is 2.28. The van der Waals surface area contributed by atoms with E-state index in [1.165, 1.54) is 6.20 Å². The van der Waals surface area contributed by atoms with E-state index in [0.717, 1.165) is 22.5 Å². The molecule has 3 rings (SSSR count). The Bertz CT molecular complexity index is 1110. The van der Waals surface area contributed by atoms with E-state index in [0.29, 0.717) is 17.3 Å². The number of oxazole rings is 1. The van der Waals surface area contributed by atoms with Crippen molar-refractivity contribution < 1.29 is 13.9 Å². The number of esters is 1. The molecule has 0 atom stereocenters. The molecule has 1 aromatic heterocycles. The van der Waals surface area contributed by atoms with Gasteiger partial charge in [-0.05, 0) is 81.9 Å². The highest BCUT2D eigenvalue weighted by atomic mass is 16.6. The van der Waals surface area contributed by atoms with E-state index in [2.05, 4.69) is 15.3 Å². The van der Waals surface area contributed by atoms with Crippen LogP contribution in [-0.2, 0) is 4.74 Å². The molecule has 1 heterocycles. The van der Waals surface area contributed by atoms with Crippen LogP contribution >= 0.6 is 0 Å². The topological polar surface area (TPSA) is 103 Å². The van der Waals surface area contributed by atoms with Crippen LogP contribution in [0, 0.1) is 6.92 Å². The summed E-state index contributed by atoms with van der Waals surface area (Å²) < 4.78 is 11.3. The predicted molar refractivity (Wildman–Crippen MR) is 123 cm³/mol. The molecule has 0 saturated heterocycles. The van der Waals surface area contributed by atoms with Crippen LogP contribution in [-0.4, -0.2) is 22.8 Å². The van der Waals surface area contributed by atoms with Gasteiger partial charge >= 0.3 is 5.97 Å². The third-order valence-electron chi connectivity index (χ3n) is 4.19. The number of hydrogen-bond donors (Lipinski definition) is 2. The second kappa shape index (κ2) is 9.30. The van der Waals surface area contributed by atoms with Crippen molar-refractivity contribution in [3.63, 3.8) is 0 Å². The van der Waals surface area contributed by atoms with Crippen molar-refractivity contribution in [1.29, 1.82) is 0 Å². The predicted octanol–water partition coefficient (Wildman–Crippen LogP) is 5.52. The van der Waals surface area contributed by atoms with E-state index in [-0.39, 0.29) is 5.97 Å². The minimum atomic E-state index is -0.561. The van der Waals surface area contributed by atoms with Crippen LogP contribution in [0.4, 0.5) is 17.4 Å². The molecule has 31 heavy (non-hydrogen) atoms. The van der Waals surface area contributed by atoms with Crippen LogP contribution in [0.5, 0.6) is 0 Å². The monoisotopic (exact) mass is 418 g/mol. The summed E-state index contributed by atoms with van der Waals surface area (Å²) in [4.78, 5) is 20.9. The van der Waals surface area contributed by atoms with Crippen LogP contribution in [0.2, 0.25) is 0 Å². The van der Waals surface area contributed by atoms with Gasteiger partial charge in [-0.3, -0.25) is 4.99 Å². The van der Waals surface area contributed by atoms with Gasteiger partial charge in [0.1, 0.15) is 5.60 Å². The van der Waals surface area contributed by atoms with Crippen molar-refractivity contribution in [2.45, 2.75) is 33.3 Å². The zero-order valence-electron chi connectivity index (χ0n) is 18.0. The summed E-state index contributed by atoms with van der Waals surface area (Å²) in [5.74, 6) is 0.231. The van der Waals surface area contributed by atoms with Gasteiger partial charge in [0.05, 0.1) is 17.4 Å². The Labute approximate surface area is 181 Å². The minimum absolute atomic E-state index is 0.328. The van der Waals surface area contributed by atoms with Crippen LogP contribution in [0.3, 0.4) is 0 Å². The number of nitrogens with zero attached hydrogens (tertiary/aromatic N) is 2. The third-order valence-corrected chi connectivity index (χ3v) is 4.19. The molecular formula is C24H26N4O3. The molecule has 0 unspecified atom stereocenters. The zero-order valence-corrected chi connectivity index (χ0v) is 18.0. The average molecular weight is 418 g/mol. The molecule has 3 N–H and O–H groups in total. The van der Waals surface area contributed by atoms with E-state index in [1.807, 2.05) is 58.0 Å². The first kappa shape index (κ1) is 21.8. The van der Waals surface area contributed by atoms with Crippen molar-refractivity contribution in [1.82, 2.24) is 4.98 Å². The summed E-state index contributed by atoms with van der Waals surface area (Å²) in [7, 11) is 0. The Hall–Kier alpha value is -3.87. The van der Waals surface area contributed by atoms with Crippen molar-refractivity contribution in [2.24, 2.45) is 10.7 Å². The molecule has 2 aromatic carbocycles. The van der Waals surface area contributed by atoms with Gasteiger partial charge in [0.25, 0.3) is 6.01 Å². The quantitative estimate of drug-likeness (QED) is 0.403. The number of nitrogens with two attached hydrogens (primary N) is 1. The second-order valence-corrected chi connectivity index (χ2v) is 7.90. The summed E-state index contributed by atoms with van der Waals surface area (Å²) in [5.41, 5.74) is 8.51. The van der Waals surface area contributed by atoms with Gasteiger partial charge in [-0.2, -0.15) is 0 Å². The molecule has 0 aliphatic heterocycles. The van der Waals surface area contributed by atoms with Gasteiger partial charge in [-0.25, -0.2) is 9.78 Å². The van der Waals surface area contributed by atoms with E-state index < -0.39 is 5.60 Å². The average Bonchev–Trinajstić information content (AvgIpc) is 3.17. The number of anilines is 2. The summed E-state index contributed by atoms with van der Waals surface area (Å²) in [5, 5.41) is 3.14. The number of rotatable bonds is 6. The maximum atomic E-state index is 12.4. The molecule has 0 radical (unpaired) electrons. The largest absolute Gasteiger partial charge is 0.456 e. The van der Waals surface area contributed by atoms with E-state index >= 15 is 0 Å². The van der Waals surface area contributed by atoms with Crippen LogP contribution in [0.25, 0.3) is 11.3 Å². The first-order chi connectivity index (χ1) is 14.7. The van der Waals surface area contributed by atoms with Crippen LogP contribution in [0.1, 0.15) is 36.7 Å². The van der Waals surface area contributed by atoms with E-state index in [9.17, 15) is 4.79 Å². The van der Waals surface area contributed by atoms with Gasteiger partial charge in [-0.1, -0.05) is 6.07 Å². The Balaban J connectivity index is 1.75. The number of carbonyl (C=O) groups is 1. The summed E-state index contributed by atoms with van der Waals surface area (Å²) in [6, 6.07) is 13.2. The fourth-order valence-corrected chi connectivity index (χ4v) is 2.69. The van der Waals surface area contributed by atoms with Crippen molar-refractivity contribution >= 4 is 29.6 Å². The van der Waals surface area contributed by atoms with Gasteiger partial charge in [-0.15, -0.1) is 0 Å². The maximum Gasteiger partial charge on any atom is 0.338 e. The molecule has 160 valence electrons. The van der Waals surface area contributed by atoms with Gasteiger partial charge in [0.2, 0.25) is 0 Å². The molecule has 0 saturated carbocycles. The smallest absolute Gasteiger partial charge is 0.338 e. The molecular weight excluding hydrogens is 392 g/mol. The molecule has 7 nitrogen and oxygen atoms in total. The Morgan fingerprint density at radius 2 is 1.94 bits per heavy atom.